The summed E-state index contributed by atoms with van der Waals surface area (Å²) in [6.45, 7) is 0.692. The van der Waals surface area contributed by atoms with Gasteiger partial charge in [-0.2, -0.15) is 0 Å². The molecule has 0 radical (unpaired) electrons. The minimum Gasteiger partial charge on any atom is -0.330 e. The molecule has 0 aromatic heterocycles. The summed E-state index contributed by atoms with van der Waals surface area (Å²) in [5.74, 6) is -0.906. The van der Waals surface area contributed by atoms with Gasteiger partial charge in [-0.15, -0.1) is 0 Å². The topological polar surface area (TPSA) is 26.0 Å². The van der Waals surface area contributed by atoms with E-state index in [-0.39, 0.29) is 10.8 Å². The van der Waals surface area contributed by atoms with Crippen molar-refractivity contribution in [3.8, 4) is 0 Å². The second kappa shape index (κ2) is 2.59. The first-order valence-electron chi connectivity index (χ1n) is 5.25. The van der Waals surface area contributed by atoms with Crippen molar-refractivity contribution >= 4 is 0 Å². The van der Waals surface area contributed by atoms with Crippen LogP contribution >= 0.6 is 0 Å². The van der Waals surface area contributed by atoms with Crippen molar-refractivity contribution in [2.45, 2.75) is 24.7 Å². The Labute approximate surface area is 87.3 Å². The zero-order valence-corrected chi connectivity index (χ0v) is 8.39. The van der Waals surface area contributed by atoms with E-state index in [1.54, 1.807) is 6.07 Å². The SMILES string of the molecule is NCC12CC(c3ccc(F)cc3F)(C1)C2. The van der Waals surface area contributed by atoms with Gasteiger partial charge in [0.1, 0.15) is 11.6 Å². The van der Waals surface area contributed by atoms with Crippen LogP contribution in [0, 0.1) is 17.0 Å². The Morgan fingerprint density at radius 2 is 1.87 bits per heavy atom. The Balaban J connectivity index is 1.91. The first-order chi connectivity index (χ1) is 7.09. The maximum atomic E-state index is 13.5. The summed E-state index contributed by atoms with van der Waals surface area (Å²) in [5, 5.41) is 0. The maximum Gasteiger partial charge on any atom is 0.129 e. The highest BCUT2D eigenvalue weighted by Gasteiger charge is 2.67. The molecule has 4 rings (SSSR count). The summed E-state index contributed by atoms with van der Waals surface area (Å²) in [4.78, 5) is 0. The predicted molar refractivity (Wildman–Crippen MR) is 53.4 cm³/mol. The normalized spacial score (nSPS) is 37.0. The van der Waals surface area contributed by atoms with Gasteiger partial charge in [-0.05, 0) is 48.3 Å². The number of hydrogen-bond donors (Lipinski definition) is 1. The van der Waals surface area contributed by atoms with Crippen LogP contribution < -0.4 is 5.73 Å². The lowest BCUT2D eigenvalue weighted by molar-refractivity contribution is -0.134. The quantitative estimate of drug-likeness (QED) is 0.795. The average molecular weight is 209 g/mol. The molecular formula is C12H13F2N. The van der Waals surface area contributed by atoms with Crippen molar-refractivity contribution in [3.05, 3.63) is 35.4 Å². The molecule has 0 amide bonds. The van der Waals surface area contributed by atoms with Crippen molar-refractivity contribution in [3.63, 3.8) is 0 Å². The summed E-state index contributed by atoms with van der Waals surface area (Å²) in [7, 11) is 0. The van der Waals surface area contributed by atoms with Gasteiger partial charge in [0.15, 0.2) is 0 Å². The molecule has 2 bridgehead atoms. The van der Waals surface area contributed by atoms with E-state index < -0.39 is 11.6 Å². The highest BCUT2D eigenvalue weighted by atomic mass is 19.1. The summed E-state index contributed by atoms with van der Waals surface area (Å²) in [5.41, 5.74) is 6.59. The molecule has 0 spiro atoms. The lowest BCUT2D eigenvalue weighted by Gasteiger charge is -2.71. The molecule has 3 fully saturated rings. The number of benzene rings is 1. The summed E-state index contributed by atoms with van der Waals surface area (Å²) in [6, 6.07) is 3.91. The van der Waals surface area contributed by atoms with E-state index in [0.717, 1.165) is 25.3 Å². The molecular weight excluding hydrogens is 196 g/mol. The van der Waals surface area contributed by atoms with Crippen molar-refractivity contribution in [1.82, 2.24) is 0 Å². The van der Waals surface area contributed by atoms with E-state index in [1.165, 1.54) is 6.07 Å². The third-order valence-electron chi connectivity index (χ3n) is 4.08. The van der Waals surface area contributed by atoms with E-state index in [0.29, 0.717) is 12.1 Å². The Morgan fingerprint density at radius 3 is 2.40 bits per heavy atom. The van der Waals surface area contributed by atoms with Crippen molar-refractivity contribution < 1.29 is 8.78 Å². The van der Waals surface area contributed by atoms with E-state index >= 15 is 0 Å². The number of hydrogen-bond acceptors (Lipinski definition) is 1. The molecule has 0 aliphatic heterocycles. The molecule has 0 heterocycles. The first kappa shape index (κ1) is 9.28. The van der Waals surface area contributed by atoms with Crippen LogP contribution in [0.4, 0.5) is 8.78 Å². The fourth-order valence-electron chi connectivity index (χ4n) is 3.42. The second-order valence-electron chi connectivity index (χ2n) is 5.14. The van der Waals surface area contributed by atoms with E-state index in [2.05, 4.69) is 0 Å². The smallest absolute Gasteiger partial charge is 0.129 e. The van der Waals surface area contributed by atoms with Gasteiger partial charge in [-0.1, -0.05) is 6.07 Å². The van der Waals surface area contributed by atoms with Crippen molar-refractivity contribution in [2.75, 3.05) is 6.54 Å². The molecule has 3 aliphatic carbocycles. The third kappa shape index (κ3) is 1.04. The molecule has 0 saturated heterocycles. The van der Waals surface area contributed by atoms with Crippen LogP contribution in [-0.2, 0) is 5.41 Å². The lowest BCUT2D eigenvalue weighted by atomic mass is 9.33. The van der Waals surface area contributed by atoms with Gasteiger partial charge in [-0.25, -0.2) is 8.78 Å². The standard InChI is InChI=1S/C12H13F2N/c13-8-1-2-9(10(14)3-8)12-4-11(5-12,6-12)7-15/h1-3H,4-7,15H2. The molecule has 3 aliphatic rings. The molecule has 15 heavy (non-hydrogen) atoms. The van der Waals surface area contributed by atoms with Gasteiger partial charge in [0.25, 0.3) is 0 Å². The van der Waals surface area contributed by atoms with Crippen molar-refractivity contribution in [1.29, 1.82) is 0 Å². The predicted octanol–water partition coefficient (Wildman–Crippen LogP) is 2.35. The molecule has 0 atom stereocenters. The highest BCUT2D eigenvalue weighted by Crippen LogP contribution is 2.73. The van der Waals surface area contributed by atoms with Gasteiger partial charge >= 0.3 is 0 Å². The Kier molecular flexibility index (Phi) is 1.60. The summed E-state index contributed by atoms with van der Waals surface area (Å²) >= 11 is 0. The largest absolute Gasteiger partial charge is 0.330 e. The third-order valence-corrected chi connectivity index (χ3v) is 4.08. The van der Waals surface area contributed by atoms with Crippen LogP contribution in [0.3, 0.4) is 0 Å². The zero-order chi connectivity index (χ0) is 10.7. The molecule has 1 aromatic carbocycles. The Bertz CT molecular complexity index is 408. The zero-order valence-electron chi connectivity index (χ0n) is 8.39. The van der Waals surface area contributed by atoms with Crippen molar-refractivity contribution in [2.24, 2.45) is 11.1 Å². The Morgan fingerprint density at radius 1 is 1.20 bits per heavy atom. The maximum absolute atomic E-state index is 13.5. The van der Waals surface area contributed by atoms with E-state index in [1.807, 2.05) is 0 Å². The molecule has 3 saturated carbocycles. The fraction of sp³-hybridized carbons (Fsp3) is 0.500. The minimum absolute atomic E-state index is 0.0167. The monoisotopic (exact) mass is 209 g/mol. The van der Waals surface area contributed by atoms with Gasteiger partial charge in [0.2, 0.25) is 0 Å². The van der Waals surface area contributed by atoms with Gasteiger partial charge in [-0.3, -0.25) is 0 Å². The Hall–Kier alpha value is -0.960. The van der Waals surface area contributed by atoms with E-state index in [4.69, 9.17) is 5.73 Å². The minimum atomic E-state index is -0.503. The van der Waals surface area contributed by atoms with Gasteiger partial charge in [0.05, 0.1) is 0 Å². The van der Waals surface area contributed by atoms with Gasteiger partial charge < -0.3 is 5.73 Å². The summed E-state index contributed by atoms with van der Waals surface area (Å²) < 4.78 is 26.3. The summed E-state index contributed by atoms with van der Waals surface area (Å²) in [6.07, 6.45) is 2.91. The van der Waals surface area contributed by atoms with Gasteiger partial charge in [0, 0.05) is 6.07 Å². The fourth-order valence-corrected chi connectivity index (χ4v) is 3.42. The van der Waals surface area contributed by atoms with Crippen LogP contribution in [0.1, 0.15) is 24.8 Å². The number of rotatable bonds is 2. The molecule has 1 nitrogen and oxygen atoms in total. The van der Waals surface area contributed by atoms with Crippen LogP contribution in [0.25, 0.3) is 0 Å². The number of nitrogens with two attached hydrogens (primary N) is 1. The molecule has 3 heteroatoms. The van der Waals surface area contributed by atoms with Crippen LogP contribution in [-0.4, -0.2) is 6.54 Å². The highest BCUT2D eigenvalue weighted by molar-refractivity contribution is 5.39. The average Bonchev–Trinajstić information content (AvgIpc) is 2.04. The first-order valence-corrected chi connectivity index (χ1v) is 5.25. The molecule has 1 aromatic rings. The molecule has 0 unspecified atom stereocenters. The van der Waals surface area contributed by atoms with Crippen LogP contribution in [0.15, 0.2) is 18.2 Å². The molecule has 2 N–H and O–H groups in total. The van der Waals surface area contributed by atoms with Crippen LogP contribution in [0.5, 0.6) is 0 Å². The van der Waals surface area contributed by atoms with E-state index in [9.17, 15) is 8.78 Å². The number of halogens is 2. The lowest BCUT2D eigenvalue weighted by Crippen LogP contribution is -2.67. The second-order valence-corrected chi connectivity index (χ2v) is 5.14. The van der Waals surface area contributed by atoms with Crippen LogP contribution in [0.2, 0.25) is 0 Å². The molecule has 80 valence electrons.